The van der Waals surface area contributed by atoms with Gasteiger partial charge in [-0.25, -0.2) is 4.99 Å². The zero-order valence-electron chi connectivity index (χ0n) is 14.5. The number of rotatable bonds is 3. The molecular weight excluding hydrogens is 492 g/mol. The molecule has 1 saturated carbocycles. The second-order valence-corrected chi connectivity index (χ2v) is 9.16. The summed E-state index contributed by atoms with van der Waals surface area (Å²) < 4.78 is 7.07. The number of hydrogen-bond donors (Lipinski definition) is 0. The molecule has 4 rings (SSSR count). The van der Waals surface area contributed by atoms with Crippen LogP contribution in [0.2, 0.25) is 0 Å². The molecule has 1 aromatic heterocycles. The molecule has 0 bridgehead atoms. The summed E-state index contributed by atoms with van der Waals surface area (Å²) >= 11 is 8.18. The minimum atomic E-state index is 0.0187. The lowest BCUT2D eigenvalue weighted by Gasteiger charge is -2.30. The Morgan fingerprint density at radius 1 is 1.15 bits per heavy atom. The third-order valence-electron chi connectivity index (χ3n) is 4.70. The van der Waals surface area contributed by atoms with Crippen LogP contribution in [0.5, 0.6) is 0 Å². The number of amidine groups is 1. The predicted octanol–water partition coefficient (Wildman–Crippen LogP) is 6.74. The van der Waals surface area contributed by atoms with Gasteiger partial charge in [-0.15, -0.1) is 0 Å². The molecule has 0 unspecified atom stereocenters. The van der Waals surface area contributed by atoms with Gasteiger partial charge in [0.25, 0.3) is 5.91 Å². The lowest BCUT2D eigenvalue weighted by molar-refractivity contribution is -0.124. The van der Waals surface area contributed by atoms with E-state index in [9.17, 15) is 4.79 Å². The molecule has 7 heteroatoms. The summed E-state index contributed by atoms with van der Waals surface area (Å²) in [5.41, 5.74) is 0.860. The van der Waals surface area contributed by atoms with E-state index in [2.05, 4.69) is 31.9 Å². The van der Waals surface area contributed by atoms with E-state index in [-0.39, 0.29) is 11.9 Å². The van der Waals surface area contributed by atoms with Crippen LogP contribution in [0, 0.1) is 0 Å². The lowest BCUT2D eigenvalue weighted by atomic mass is 9.94. The Kier molecular flexibility index (Phi) is 5.90. The Morgan fingerprint density at radius 2 is 1.89 bits per heavy atom. The van der Waals surface area contributed by atoms with Gasteiger partial charge in [-0.1, -0.05) is 37.5 Å². The summed E-state index contributed by atoms with van der Waals surface area (Å²) in [4.78, 5) is 20.5. The van der Waals surface area contributed by atoms with E-state index >= 15 is 0 Å². The average Bonchev–Trinajstić information content (AvgIpc) is 3.15. The Labute approximate surface area is 179 Å². The second-order valence-electron chi connectivity index (χ2n) is 6.58. The van der Waals surface area contributed by atoms with Crippen molar-refractivity contribution in [2.24, 2.45) is 4.99 Å². The maximum Gasteiger partial charge on any atom is 0.267 e. The summed E-state index contributed by atoms with van der Waals surface area (Å²) in [6.07, 6.45) is 7.43. The van der Waals surface area contributed by atoms with Crippen molar-refractivity contribution < 1.29 is 9.21 Å². The van der Waals surface area contributed by atoms with E-state index in [1.54, 1.807) is 6.08 Å². The number of furan rings is 1. The zero-order chi connectivity index (χ0) is 18.8. The number of carbonyl (C=O) groups is 1. The first-order valence-corrected chi connectivity index (χ1v) is 11.3. The number of benzene rings is 1. The first kappa shape index (κ1) is 19.0. The summed E-state index contributed by atoms with van der Waals surface area (Å²) in [5.74, 6) is 0.652. The topological polar surface area (TPSA) is 45.8 Å². The van der Waals surface area contributed by atoms with Crippen LogP contribution < -0.4 is 0 Å². The van der Waals surface area contributed by atoms with Gasteiger partial charge in [-0.05, 0) is 74.7 Å². The smallest absolute Gasteiger partial charge is 0.267 e. The van der Waals surface area contributed by atoms with Gasteiger partial charge >= 0.3 is 0 Å². The van der Waals surface area contributed by atoms with Gasteiger partial charge in [0.15, 0.2) is 9.84 Å². The van der Waals surface area contributed by atoms with Crippen molar-refractivity contribution in [1.29, 1.82) is 0 Å². The second kappa shape index (κ2) is 8.37. The molecule has 2 fully saturated rings. The molecule has 1 aliphatic heterocycles. The number of nitrogens with zero attached hydrogens (tertiary/aromatic N) is 2. The minimum Gasteiger partial charge on any atom is -0.449 e. The fraction of sp³-hybridized carbons (Fsp3) is 0.300. The highest BCUT2D eigenvalue weighted by Crippen LogP contribution is 2.39. The molecule has 2 heterocycles. The number of para-hydroxylation sites is 1. The Hall–Kier alpha value is -1.31. The van der Waals surface area contributed by atoms with Gasteiger partial charge in [-0.2, -0.15) is 0 Å². The van der Waals surface area contributed by atoms with Gasteiger partial charge in [0, 0.05) is 12.1 Å². The molecule has 2 aliphatic rings. The highest BCUT2D eigenvalue weighted by Gasteiger charge is 2.38. The van der Waals surface area contributed by atoms with Gasteiger partial charge in [0.1, 0.15) is 5.76 Å². The van der Waals surface area contributed by atoms with E-state index in [0.717, 1.165) is 41.0 Å². The number of amides is 1. The van der Waals surface area contributed by atoms with E-state index < -0.39 is 0 Å². The van der Waals surface area contributed by atoms with Crippen LogP contribution in [0.15, 0.2) is 59.9 Å². The summed E-state index contributed by atoms with van der Waals surface area (Å²) in [5, 5.41) is 0.758. The molecule has 0 radical (unpaired) electrons. The van der Waals surface area contributed by atoms with Crippen LogP contribution in [0.4, 0.5) is 5.69 Å². The molecule has 1 saturated heterocycles. The van der Waals surface area contributed by atoms with Crippen LogP contribution in [-0.2, 0) is 4.79 Å². The highest BCUT2D eigenvalue weighted by molar-refractivity contribution is 9.13. The normalized spacial score (nSPS) is 21.6. The van der Waals surface area contributed by atoms with Gasteiger partial charge < -0.3 is 4.42 Å². The van der Waals surface area contributed by atoms with Crippen LogP contribution >= 0.6 is 43.6 Å². The predicted molar refractivity (Wildman–Crippen MR) is 117 cm³/mol. The molecule has 0 N–H and O–H groups in total. The fourth-order valence-electron chi connectivity index (χ4n) is 3.40. The monoisotopic (exact) mass is 508 g/mol. The van der Waals surface area contributed by atoms with Gasteiger partial charge in [0.2, 0.25) is 0 Å². The highest BCUT2D eigenvalue weighted by atomic mass is 79.9. The molecular formula is C20H18Br2N2O2S. The number of hydrogen-bond acceptors (Lipinski definition) is 4. The number of aliphatic imine (C=N–C) groups is 1. The quantitative estimate of drug-likeness (QED) is 0.430. The van der Waals surface area contributed by atoms with Crippen molar-refractivity contribution in [3.8, 4) is 0 Å². The average molecular weight is 510 g/mol. The van der Waals surface area contributed by atoms with Crippen molar-refractivity contribution in [3.05, 3.63) is 56.2 Å². The maximum absolute atomic E-state index is 13.2. The lowest BCUT2D eigenvalue weighted by Crippen LogP contribution is -2.40. The van der Waals surface area contributed by atoms with Crippen molar-refractivity contribution in [3.63, 3.8) is 0 Å². The summed E-state index contributed by atoms with van der Waals surface area (Å²) in [6.45, 7) is 0. The Bertz CT molecular complexity index is 882. The van der Waals surface area contributed by atoms with Crippen molar-refractivity contribution in [2.75, 3.05) is 0 Å². The molecule has 1 amide bonds. The van der Waals surface area contributed by atoms with Crippen LogP contribution in [-0.4, -0.2) is 22.0 Å². The van der Waals surface area contributed by atoms with E-state index in [0.29, 0.717) is 15.3 Å². The fourth-order valence-corrected chi connectivity index (χ4v) is 5.05. The first-order valence-electron chi connectivity index (χ1n) is 8.93. The molecule has 0 spiro atoms. The number of thioether (sulfide) groups is 1. The Balaban J connectivity index is 1.69. The van der Waals surface area contributed by atoms with Crippen molar-refractivity contribution >= 4 is 66.5 Å². The van der Waals surface area contributed by atoms with Crippen LogP contribution in [0.1, 0.15) is 37.9 Å². The first-order chi connectivity index (χ1) is 13.1. The van der Waals surface area contributed by atoms with Gasteiger partial charge in [0.05, 0.1) is 15.1 Å². The molecule has 1 aromatic carbocycles. The Morgan fingerprint density at radius 3 is 2.56 bits per heavy atom. The van der Waals surface area contributed by atoms with E-state index in [4.69, 9.17) is 9.41 Å². The minimum absolute atomic E-state index is 0.0187. The van der Waals surface area contributed by atoms with E-state index in [1.807, 2.05) is 41.3 Å². The summed E-state index contributed by atoms with van der Waals surface area (Å²) in [6, 6.07) is 11.9. The number of carbonyl (C=O) groups excluding carboxylic acids is 1. The molecule has 0 atom stereocenters. The molecule has 27 heavy (non-hydrogen) atoms. The maximum atomic E-state index is 13.2. The standard InChI is InChI=1S/C20H18Br2N2O2S/c21-16-11-15(26-18(16)22)12-17-19(25)24(14-9-5-2-6-10-14)20(27-17)23-13-7-3-1-4-8-13/h1,3-4,7-8,11-12,14H,2,5-6,9-10H2/b17-12+,23-20?. The molecule has 140 valence electrons. The number of halogens is 2. The zero-order valence-corrected chi connectivity index (χ0v) is 18.5. The largest absolute Gasteiger partial charge is 0.449 e. The van der Waals surface area contributed by atoms with Crippen LogP contribution in [0.25, 0.3) is 6.08 Å². The summed E-state index contributed by atoms with van der Waals surface area (Å²) in [7, 11) is 0. The van der Waals surface area contributed by atoms with Crippen LogP contribution in [0.3, 0.4) is 0 Å². The third-order valence-corrected chi connectivity index (χ3v) is 7.39. The molecule has 1 aliphatic carbocycles. The third kappa shape index (κ3) is 4.25. The molecule has 4 nitrogen and oxygen atoms in total. The molecule has 2 aromatic rings. The van der Waals surface area contributed by atoms with Crippen molar-refractivity contribution in [1.82, 2.24) is 4.90 Å². The van der Waals surface area contributed by atoms with Crippen molar-refractivity contribution in [2.45, 2.75) is 38.1 Å². The SMILES string of the molecule is O=C1/C(=C\c2cc(Br)c(Br)o2)SC(=Nc2ccccc2)N1C1CCCCC1. The van der Waals surface area contributed by atoms with E-state index in [1.165, 1.54) is 18.2 Å². The van der Waals surface area contributed by atoms with Gasteiger partial charge in [-0.3, -0.25) is 9.69 Å².